The van der Waals surface area contributed by atoms with Crippen molar-refractivity contribution in [3.63, 3.8) is 0 Å². The highest BCUT2D eigenvalue weighted by molar-refractivity contribution is 7.99. The number of aliphatic carboxylic acids is 1. The third-order valence-corrected chi connectivity index (χ3v) is 7.69. The Morgan fingerprint density at radius 2 is 1.31 bits per heavy atom. The van der Waals surface area contributed by atoms with Crippen LogP contribution in [0.3, 0.4) is 0 Å². The fraction of sp³-hybridized carbons (Fsp3) is 0.258. The van der Waals surface area contributed by atoms with E-state index in [0.29, 0.717) is 5.56 Å². The van der Waals surface area contributed by atoms with E-state index in [-0.39, 0.29) is 31.1 Å². The zero-order valence-electron chi connectivity index (χ0n) is 22.7. The maximum absolute atomic E-state index is 13.8. The first kappa shape index (κ1) is 30.3. The molecule has 3 amide bonds. The molecule has 0 aromatic heterocycles. The fourth-order valence-corrected chi connectivity index (χ4v) is 5.67. The Bertz CT molecular complexity index is 1390. The molecule has 0 bridgehead atoms. The summed E-state index contributed by atoms with van der Waals surface area (Å²) in [6.07, 6.45) is -0.642. The Morgan fingerprint density at radius 1 is 0.786 bits per heavy atom. The third-order valence-electron chi connectivity index (χ3n) is 6.68. The summed E-state index contributed by atoms with van der Waals surface area (Å²) in [7, 11) is 0. The number of benzene rings is 3. The summed E-state index contributed by atoms with van der Waals surface area (Å²) in [6, 6.07) is 23.7. The maximum Gasteiger partial charge on any atom is 0.408 e. The Kier molecular flexibility index (Phi) is 10.7. The number of amides is 3. The molecule has 1 heterocycles. The van der Waals surface area contributed by atoms with Gasteiger partial charge in [0.25, 0.3) is 5.78 Å². The summed E-state index contributed by atoms with van der Waals surface area (Å²) < 4.78 is 5.34. The molecule has 0 radical (unpaired) electrons. The van der Waals surface area contributed by atoms with Crippen LogP contribution in [0.15, 0.2) is 91.0 Å². The Labute approximate surface area is 247 Å². The molecule has 0 aliphatic carbocycles. The number of carbonyl (C=O) groups excluding carboxylic acids is 4. The van der Waals surface area contributed by atoms with E-state index in [1.807, 2.05) is 60.7 Å². The quantitative estimate of drug-likeness (QED) is 0.274. The number of nitrogens with zero attached hydrogens (tertiary/aromatic N) is 1. The molecule has 3 atom stereocenters. The van der Waals surface area contributed by atoms with Gasteiger partial charge in [-0.3, -0.25) is 14.4 Å². The van der Waals surface area contributed by atoms with Crippen molar-refractivity contribution >= 4 is 41.4 Å². The van der Waals surface area contributed by atoms with Crippen molar-refractivity contribution in [2.75, 3.05) is 11.6 Å². The van der Waals surface area contributed by atoms with E-state index < -0.39 is 47.8 Å². The average molecular weight is 590 g/mol. The Hall–Kier alpha value is -4.64. The van der Waals surface area contributed by atoms with Crippen molar-refractivity contribution < 1.29 is 33.8 Å². The van der Waals surface area contributed by atoms with Gasteiger partial charge >= 0.3 is 12.1 Å². The monoisotopic (exact) mass is 589 g/mol. The molecular weight excluding hydrogens is 558 g/mol. The molecule has 4 rings (SSSR count). The van der Waals surface area contributed by atoms with Gasteiger partial charge in [0.05, 0.1) is 5.88 Å². The van der Waals surface area contributed by atoms with Gasteiger partial charge in [-0.2, -0.15) is 0 Å². The number of alkyl carbamates (subject to hydrolysis) is 1. The van der Waals surface area contributed by atoms with Crippen LogP contribution < -0.4 is 10.6 Å². The standard InChI is InChI=1S/C31H31N3O7S/c35-27(30(38)39)24(16-21-10-4-1-5-11-21)32-28(36)26-19-42-20-34(26)29(37)25(17-22-12-6-2-7-13-22)33-31(40)41-18-23-14-8-3-9-15-23/h1-15,24-26H,16-20H2,(H,32,36)(H,33,40)(H,38,39)/t24-,25-,26-/m0/s1. The number of carboxylic acid groups (broad SMARTS) is 1. The van der Waals surface area contributed by atoms with Crippen molar-refractivity contribution in [3.05, 3.63) is 108 Å². The maximum atomic E-state index is 13.8. The van der Waals surface area contributed by atoms with Crippen LogP contribution in [0.4, 0.5) is 4.79 Å². The van der Waals surface area contributed by atoms with Gasteiger partial charge in [0.1, 0.15) is 24.7 Å². The summed E-state index contributed by atoms with van der Waals surface area (Å²) in [5.41, 5.74) is 2.25. The van der Waals surface area contributed by atoms with Crippen molar-refractivity contribution in [1.82, 2.24) is 15.5 Å². The number of carbonyl (C=O) groups is 5. The lowest BCUT2D eigenvalue weighted by Gasteiger charge is -2.29. The van der Waals surface area contributed by atoms with Crippen molar-refractivity contribution in [1.29, 1.82) is 0 Å². The molecule has 42 heavy (non-hydrogen) atoms. The first-order valence-corrected chi connectivity index (χ1v) is 14.5. The summed E-state index contributed by atoms with van der Waals surface area (Å²) in [4.78, 5) is 65.2. The number of ketones is 1. The van der Waals surface area contributed by atoms with E-state index in [9.17, 15) is 29.1 Å². The van der Waals surface area contributed by atoms with Crippen molar-refractivity contribution in [2.45, 2.75) is 37.6 Å². The molecule has 3 N–H and O–H groups in total. The molecular formula is C31H31N3O7S. The Balaban J connectivity index is 1.47. The fourth-order valence-electron chi connectivity index (χ4n) is 4.51. The van der Waals surface area contributed by atoms with Crippen LogP contribution in [-0.4, -0.2) is 69.4 Å². The lowest BCUT2D eigenvalue weighted by atomic mass is 10.0. The number of Topliss-reactive ketones (excluding diaryl/α,β-unsaturated/α-hetero) is 1. The van der Waals surface area contributed by atoms with E-state index >= 15 is 0 Å². The first-order valence-electron chi connectivity index (χ1n) is 13.3. The van der Waals surface area contributed by atoms with Gasteiger partial charge < -0.3 is 25.4 Å². The predicted molar refractivity (Wildman–Crippen MR) is 156 cm³/mol. The summed E-state index contributed by atoms with van der Waals surface area (Å²) in [5.74, 6) is -3.53. The van der Waals surface area contributed by atoms with Crippen molar-refractivity contribution in [3.8, 4) is 0 Å². The lowest BCUT2D eigenvalue weighted by Crippen LogP contribution is -2.57. The highest BCUT2D eigenvalue weighted by atomic mass is 32.2. The van der Waals surface area contributed by atoms with Gasteiger partial charge in [0, 0.05) is 18.6 Å². The third kappa shape index (κ3) is 8.43. The number of thioether (sulfide) groups is 1. The molecule has 1 aliphatic heterocycles. The minimum atomic E-state index is -1.66. The molecule has 3 aromatic rings. The number of carboxylic acids is 1. The second-order valence-electron chi connectivity index (χ2n) is 9.69. The van der Waals surface area contributed by atoms with Gasteiger partial charge in [-0.05, 0) is 16.7 Å². The first-order chi connectivity index (χ1) is 20.3. The zero-order valence-corrected chi connectivity index (χ0v) is 23.5. The lowest BCUT2D eigenvalue weighted by molar-refractivity contribution is -0.150. The molecule has 1 saturated heterocycles. The minimum absolute atomic E-state index is 0.0169. The molecule has 0 unspecified atom stereocenters. The molecule has 0 saturated carbocycles. The molecule has 11 heteroatoms. The topological polar surface area (TPSA) is 142 Å². The zero-order chi connectivity index (χ0) is 29.9. The van der Waals surface area contributed by atoms with Crippen LogP contribution in [0.5, 0.6) is 0 Å². The van der Waals surface area contributed by atoms with Gasteiger partial charge in [-0.15, -0.1) is 11.8 Å². The number of hydrogen-bond donors (Lipinski definition) is 3. The molecule has 0 spiro atoms. The average Bonchev–Trinajstić information content (AvgIpc) is 3.50. The second kappa shape index (κ2) is 14.8. The smallest absolute Gasteiger partial charge is 0.408 e. The normalized spacial score (nSPS) is 15.7. The van der Waals surface area contributed by atoms with Gasteiger partial charge in [-0.25, -0.2) is 9.59 Å². The summed E-state index contributed by atoms with van der Waals surface area (Å²) in [6.45, 7) is 0.0178. The van der Waals surface area contributed by atoms with Gasteiger partial charge in [0.15, 0.2) is 0 Å². The largest absolute Gasteiger partial charge is 0.475 e. The van der Waals surface area contributed by atoms with Crippen LogP contribution in [0.1, 0.15) is 16.7 Å². The predicted octanol–water partition coefficient (Wildman–Crippen LogP) is 2.81. The van der Waals surface area contributed by atoms with Crippen LogP contribution >= 0.6 is 11.8 Å². The Morgan fingerprint density at radius 3 is 1.86 bits per heavy atom. The van der Waals surface area contributed by atoms with Gasteiger partial charge in [-0.1, -0.05) is 91.0 Å². The number of nitrogens with one attached hydrogen (secondary N) is 2. The van der Waals surface area contributed by atoms with Crippen LogP contribution in [0.2, 0.25) is 0 Å². The molecule has 1 fully saturated rings. The highest BCUT2D eigenvalue weighted by Gasteiger charge is 2.40. The number of rotatable bonds is 12. The van der Waals surface area contributed by atoms with E-state index in [2.05, 4.69) is 10.6 Å². The highest BCUT2D eigenvalue weighted by Crippen LogP contribution is 2.23. The van der Waals surface area contributed by atoms with E-state index in [4.69, 9.17) is 4.74 Å². The van der Waals surface area contributed by atoms with Crippen molar-refractivity contribution in [2.24, 2.45) is 0 Å². The van der Waals surface area contributed by atoms with E-state index in [0.717, 1.165) is 11.1 Å². The van der Waals surface area contributed by atoms with Crippen LogP contribution in [0, 0.1) is 0 Å². The van der Waals surface area contributed by atoms with E-state index in [1.165, 1.54) is 16.7 Å². The van der Waals surface area contributed by atoms with Gasteiger partial charge in [0.2, 0.25) is 11.8 Å². The molecule has 1 aliphatic rings. The SMILES string of the molecule is O=C(N[C@@H](Cc1ccccc1)C(=O)N1CSC[C@H]1C(=O)N[C@@H](Cc1ccccc1)C(=O)C(=O)O)OCc1ccccc1. The summed E-state index contributed by atoms with van der Waals surface area (Å²) >= 11 is 1.34. The minimum Gasteiger partial charge on any atom is -0.475 e. The number of hydrogen-bond acceptors (Lipinski definition) is 7. The summed E-state index contributed by atoms with van der Waals surface area (Å²) in [5, 5.41) is 14.5. The number of ether oxygens (including phenoxy) is 1. The molecule has 3 aromatic carbocycles. The van der Waals surface area contributed by atoms with Crippen LogP contribution in [0.25, 0.3) is 0 Å². The van der Waals surface area contributed by atoms with E-state index in [1.54, 1.807) is 30.3 Å². The molecule has 218 valence electrons. The second-order valence-corrected chi connectivity index (χ2v) is 10.7. The van der Waals surface area contributed by atoms with Crippen LogP contribution in [-0.2, 0) is 43.4 Å². The molecule has 10 nitrogen and oxygen atoms in total.